The second kappa shape index (κ2) is 5.47. The molecule has 1 amide bonds. The van der Waals surface area contributed by atoms with Crippen LogP contribution in [0.1, 0.15) is 36.0 Å². The molecular formula is C16H18N4O4. The Labute approximate surface area is 137 Å². The zero-order valence-electron chi connectivity index (χ0n) is 13.2. The third-order valence-electron chi connectivity index (χ3n) is 5.16. The number of carbonyl (C=O) groups is 2. The smallest absolute Gasteiger partial charge is 0.341 e. The molecule has 8 heteroatoms. The SMILES string of the molecule is COC(=O)c1cn(NC(=O)C2C3CCCCC32)cc2c(=O)[nH]nc1-2. The summed E-state index contributed by atoms with van der Waals surface area (Å²) in [4.78, 5) is 36.3. The molecule has 4 aliphatic rings. The molecule has 0 aromatic carbocycles. The monoisotopic (exact) mass is 330 g/mol. The van der Waals surface area contributed by atoms with Gasteiger partial charge >= 0.3 is 5.97 Å². The summed E-state index contributed by atoms with van der Waals surface area (Å²) in [7, 11) is 1.25. The summed E-state index contributed by atoms with van der Waals surface area (Å²) in [5.74, 6) is 0.311. The molecular weight excluding hydrogens is 312 g/mol. The van der Waals surface area contributed by atoms with E-state index in [1.165, 1.54) is 37.0 Å². The molecule has 0 saturated heterocycles. The van der Waals surface area contributed by atoms with E-state index in [1.807, 2.05) is 0 Å². The molecule has 24 heavy (non-hydrogen) atoms. The molecule has 0 aromatic heterocycles. The molecule has 2 atom stereocenters. The summed E-state index contributed by atoms with van der Waals surface area (Å²) in [6.45, 7) is 0. The van der Waals surface area contributed by atoms with Gasteiger partial charge in [-0.1, -0.05) is 12.8 Å². The number of hydrogen-bond donors (Lipinski definition) is 2. The molecule has 2 heterocycles. The highest BCUT2D eigenvalue weighted by Gasteiger charge is 2.54. The lowest BCUT2D eigenvalue weighted by Gasteiger charge is -2.13. The van der Waals surface area contributed by atoms with Crippen LogP contribution in [0.25, 0.3) is 11.3 Å². The second-order valence-corrected chi connectivity index (χ2v) is 6.50. The van der Waals surface area contributed by atoms with E-state index in [-0.39, 0.29) is 28.6 Å². The number of pyridine rings is 1. The Bertz CT molecular complexity index is 827. The van der Waals surface area contributed by atoms with Crippen LogP contribution in [0.4, 0.5) is 0 Å². The predicted molar refractivity (Wildman–Crippen MR) is 84.1 cm³/mol. The Kier molecular flexibility index (Phi) is 3.40. The number of carbonyl (C=O) groups excluding carboxylic acids is 2. The molecule has 0 spiro atoms. The van der Waals surface area contributed by atoms with Crippen LogP contribution >= 0.6 is 0 Å². The summed E-state index contributed by atoms with van der Waals surface area (Å²) < 4.78 is 6.09. The van der Waals surface area contributed by atoms with Crippen LogP contribution in [0.3, 0.4) is 0 Å². The molecule has 2 N–H and O–H groups in total. The number of ether oxygens (including phenoxy) is 1. The van der Waals surface area contributed by atoms with Crippen molar-refractivity contribution in [3.05, 3.63) is 28.3 Å². The van der Waals surface area contributed by atoms with E-state index in [0.717, 1.165) is 12.8 Å². The molecule has 4 rings (SSSR count). The third kappa shape index (κ3) is 2.29. The number of methoxy groups -OCH3 is 1. The first-order valence-corrected chi connectivity index (χ1v) is 8.09. The van der Waals surface area contributed by atoms with Crippen molar-refractivity contribution < 1.29 is 14.3 Å². The van der Waals surface area contributed by atoms with Crippen molar-refractivity contribution in [1.29, 1.82) is 0 Å². The standard InChI is InChI=1S/C16H18N4O4/c1-24-16(23)11-7-20(6-10-13(11)17-18-14(10)21)19-15(22)12-8-4-2-3-5-9(8)12/h6-9,12H,2-5H2,1H3,(H,18,21)(H,19,22). The highest BCUT2D eigenvalue weighted by atomic mass is 16.5. The molecule has 2 unspecified atom stereocenters. The van der Waals surface area contributed by atoms with E-state index in [4.69, 9.17) is 4.74 Å². The number of hydrogen-bond acceptors (Lipinski definition) is 5. The molecule has 126 valence electrons. The summed E-state index contributed by atoms with van der Waals surface area (Å²) in [6.07, 6.45) is 7.48. The van der Waals surface area contributed by atoms with Crippen molar-refractivity contribution in [2.45, 2.75) is 25.7 Å². The Balaban J connectivity index is 1.63. The quantitative estimate of drug-likeness (QED) is 0.816. The molecule has 2 fully saturated rings. The van der Waals surface area contributed by atoms with Crippen LogP contribution in [-0.2, 0) is 9.53 Å². The third-order valence-corrected chi connectivity index (χ3v) is 5.16. The fourth-order valence-corrected chi connectivity index (χ4v) is 3.94. The Hall–Kier alpha value is -2.64. The molecule has 0 radical (unpaired) electrons. The first kappa shape index (κ1) is 14.9. The maximum Gasteiger partial charge on any atom is 0.341 e. The number of amides is 1. The topological polar surface area (TPSA) is 106 Å². The summed E-state index contributed by atoms with van der Waals surface area (Å²) in [6, 6.07) is 0. The van der Waals surface area contributed by atoms with Gasteiger partial charge in [-0.25, -0.2) is 9.89 Å². The van der Waals surface area contributed by atoms with Gasteiger partial charge in [0.2, 0.25) is 5.91 Å². The highest BCUT2D eigenvalue weighted by molar-refractivity contribution is 5.96. The fourth-order valence-electron chi connectivity index (χ4n) is 3.94. The molecule has 2 saturated carbocycles. The second-order valence-electron chi connectivity index (χ2n) is 6.50. The van der Waals surface area contributed by atoms with Gasteiger partial charge in [0.25, 0.3) is 5.56 Å². The van der Waals surface area contributed by atoms with E-state index in [2.05, 4.69) is 15.6 Å². The van der Waals surface area contributed by atoms with Gasteiger partial charge in [0, 0.05) is 18.3 Å². The van der Waals surface area contributed by atoms with Gasteiger partial charge in [0.15, 0.2) is 0 Å². The van der Waals surface area contributed by atoms with Gasteiger partial charge in [-0.05, 0) is 24.7 Å². The summed E-state index contributed by atoms with van der Waals surface area (Å²) >= 11 is 0. The molecule has 2 aliphatic carbocycles. The fraction of sp³-hybridized carbons (Fsp3) is 0.500. The number of fused-ring (bicyclic) bond motifs is 2. The van der Waals surface area contributed by atoms with Gasteiger partial charge in [-0.15, -0.1) is 0 Å². The number of nitrogens with zero attached hydrogens (tertiary/aromatic N) is 2. The van der Waals surface area contributed by atoms with Crippen LogP contribution in [-0.4, -0.2) is 33.9 Å². The van der Waals surface area contributed by atoms with Crippen LogP contribution < -0.4 is 11.0 Å². The van der Waals surface area contributed by atoms with Crippen molar-refractivity contribution >= 4 is 11.9 Å². The largest absolute Gasteiger partial charge is 0.465 e. The van der Waals surface area contributed by atoms with E-state index in [0.29, 0.717) is 11.8 Å². The van der Waals surface area contributed by atoms with Gasteiger partial charge < -0.3 is 4.74 Å². The summed E-state index contributed by atoms with van der Waals surface area (Å²) in [5, 5.41) is 6.16. The number of rotatable bonds is 3. The lowest BCUT2D eigenvalue weighted by Crippen LogP contribution is -2.27. The van der Waals surface area contributed by atoms with E-state index in [1.54, 1.807) is 0 Å². The molecule has 0 bridgehead atoms. The summed E-state index contributed by atoms with van der Waals surface area (Å²) in [5.41, 5.74) is 2.95. The number of aromatic amines is 1. The number of aromatic nitrogens is 3. The maximum absolute atomic E-state index is 12.5. The van der Waals surface area contributed by atoms with E-state index in [9.17, 15) is 14.4 Å². The average molecular weight is 330 g/mol. The van der Waals surface area contributed by atoms with Gasteiger partial charge in [0.1, 0.15) is 11.3 Å². The highest BCUT2D eigenvalue weighted by Crippen LogP contribution is 2.55. The van der Waals surface area contributed by atoms with Gasteiger partial charge in [-0.2, -0.15) is 5.10 Å². The predicted octanol–water partition coefficient (Wildman–Crippen LogP) is 0.969. The molecule has 2 aliphatic heterocycles. The first-order valence-electron chi connectivity index (χ1n) is 8.09. The van der Waals surface area contributed by atoms with Crippen molar-refractivity contribution in [2.24, 2.45) is 17.8 Å². The van der Waals surface area contributed by atoms with Crippen LogP contribution in [0.15, 0.2) is 17.2 Å². The Morgan fingerprint density at radius 1 is 1.29 bits per heavy atom. The lowest BCUT2D eigenvalue weighted by molar-refractivity contribution is -0.118. The normalized spacial score (nSPS) is 25.1. The van der Waals surface area contributed by atoms with E-state index >= 15 is 0 Å². The minimum absolute atomic E-state index is 0.0355. The van der Waals surface area contributed by atoms with Crippen LogP contribution in [0.5, 0.6) is 0 Å². The van der Waals surface area contributed by atoms with Crippen molar-refractivity contribution in [3.63, 3.8) is 0 Å². The average Bonchev–Trinajstić information content (AvgIpc) is 3.22. The zero-order chi connectivity index (χ0) is 16.8. The van der Waals surface area contributed by atoms with Crippen molar-refractivity contribution in [3.8, 4) is 11.3 Å². The lowest BCUT2D eigenvalue weighted by atomic mass is 10.0. The first-order chi connectivity index (χ1) is 11.6. The number of H-pyrrole nitrogens is 1. The Morgan fingerprint density at radius 2 is 2.00 bits per heavy atom. The zero-order valence-corrected chi connectivity index (χ0v) is 13.2. The van der Waals surface area contributed by atoms with Gasteiger partial charge in [-0.3, -0.25) is 19.7 Å². The van der Waals surface area contributed by atoms with Crippen molar-refractivity contribution in [2.75, 3.05) is 12.5 Å². The van der Waals surface area contributed by atoms with Crippen molar-refractivity contribution in [1.82, 2.24) is 14.9 Å². The minimum atomic E-state index is -0.616. The Morgan fingerprint density at radius 3 is 2.67 bits per heavy atom. The molecule has 0 aromatic rings. The minimum Gasteiger partial charge on any atom is -0.465 e. The number of nitrogens with one attached hydrogen (secondary N) is 2. The van der Waals surface area contributed by atoms with Crippen LogP contribution in [0.2, 0.25) is 0 Å². The molecule has 8 nitrogen and oxygen atoms in total. The van der Waals surface area contributed by atoms with E-state index < -0.39 is 11.5 Å². The number of esters is 1. The maximum atomic E-state index is 12.5. The van der Waals surface area contributed by atoms with Gasteiger partial charge in [0.05, 0.1) is 12.7 Å². The van der Waals surface area contributed by atoms with Crippen LogP contribution in [0, 0.1) is 17.8 Å².